The molecule has 220 valence electrons. The third-order valence-corrected chi connectivity index (χ3v) is 8.63. The van der Waals surface area contributed by atoms with Crippen molar-refractivity contribution in [1.82, 2.24) is 29.4 Å². The van der Waals surface area contributed by atoms with E-state index in [-0.39, 0.29) is 17.1 Å². The summed E-state index contributed by atoms with van der Waals surface area (Å²) in [7, 11) is 1.72. The van der Waals surface area contributed by atoms with E-state index in [1.54, 1.807) is 25.4 Å². The van der Waals surface area contributed by atoms with Gasteiger partial charge in [0.1, 0.15) is 11.6 Å². The second-order valence-corrected chi connectivity index (χ2v) is 11.6. The number of allylic oxidation sites excluding steroid dienone is 1. The summed E-state index contributed by atoms with van der Waals surface area (Å²) in [6, 6.07) is 9.53. The van der Waals surface area contributed by atoms with Gasteiger partial charge in [0.15, 0.2) is 11.5 Å². The summed E-state index contributed by atoms with van der Waals surface area (Å²) in [5, 5.41) is 14.2. The van der Waals surface area contributed by atoms with E-state index in [1.165, 1.54) is 28.6 Å². The number of likely N-dealkylation sites (tertiary alicyclic amines) is 1. The number of hydrogen-bond acceptors (Lipinski definition) is 6. The SMILES string of the molecule is CN=C(S/C(C=O)=C\c1ccc2c(cnn2Cc2ccc(Cl)cc2C(F)(F)F)c1)N1CCC(n2c(C)nnc2C)CC1. The third-order valence-electron chi connectivity index (χ3n) is 7.33. The van der Waals surface area contributed by atoms with Gasteiger partial charge in [0.2, 0.25) is 0 Å². The molecule has 0 atom stereocenters. The number of alkyl halides is 3. The number of fused-ring (bicyclic) bond motifs is 1. The van der Waals surface area contributed by atoms with Gasteiger partial charge in [-0.1, -0.05) is 23.7 Å². The van der Waals surface area contributed by atoms with E-state index < -0.39 is 11.7 Å². The first-order valence-electron chi connectivity index (χ1n) is 13.3. The molecule has 8 nitrogen and oxygen atoms in total. The van der Waals surface area contributed by atoms with Crippen LogP contribution in [0, 0.1) is 13.8 Å². The van der Waals surface area contributed by atoms with Crippen molar-refractivity contribution in [2.75, 3.05) is 20.1 Å². The van der Waals surface area contributed by atoms with Crippen molar-refractivity contribution in [3.05, 3.63) is 80.9 Å². The van der Waals surface area contributed by atoms with E-state index in [4.69, 9.17) is 11.6 Å². The maximum absolute atomic E-state index is 13.6. The highest BCUT2D eigenvalue weighted by Gasteiger charge is 2.33. The zero-order valence-corrected chi connectivity index (χ0v) is 24.8. The Labute approximate surface area is 250 Å². The number of amidine groups is 1. The molecule has 0 bridgehead atoms. The van der Waals surface area contributed by atoms with Gasteiger partial charge in [-0.05, 0) is 79.9 Å². The molecule has 0 radical (unpaired) electrons. The van der Waals surface area contributed by atoms with Gasteiger partial charge in [-0.25, -0.2) is 0 Å². The maximum atomic E-state index is 13.6. The molecule has 2 aromatic heterocycles. The second-order valence-electron chi connectivity index (χ2n) is 10.1. The van der Waals surface area contributed by atoms with Gasteiger partial charge in [-0.15, -0.1) is 10.2 Å². The smallest absolute Gasteiger partial charge is 0.351 e. The Hall–Kier alpha value is -3.64. The first-order valence-corrected chi connectivity index (χ1v) is 14.5. The number of nitrogens with zero attached hydrogens (tertiary/aromatic N) is 7. The Morgan fingerprint density at radius 3 is 2.48 bits per heavy atom. The molecule has 1 fully saturated rings. The summed E-state index contributed by atoms with van der Waals surface area (Å²) in [6.45, 7) is 5.45. The van der Waals surface area contributed by atoms with Gasteiger partial charge in [-0.3, -0.25) is 14.5 Å². The standard InChI is InChI=1S/C29H29ClF3N7OS/c1-18-36-37-19(2)40(18)24-8-10-38(11-9-24)28(34-3)42-25(17-41)13-20-4-7-27-22(12-20)15-35-39(27)16-21-5-6-23(30)14-26(21)29(31,32)33/h4-7,12-15,17,24H,8-11,16H2,1-3H3/b25-13-,34-28?. The monoisotopic (exact) mass is 615 g/mol. The third kappa shape index (κ3) is 6.39. The number of aliphatic imine (C=N–C) groups is 1. The minimum atomic E-state index is -4.53. The molecule has 0 saturated carbocycles. The van der Waals surface area contributed by atoms with E-state index in [2.05, 4.69) is 29.8 Å². The number of carbonyl (C=O) groups is 1. The van der Waals surface area contributed by atoms with Crippen molar-refractivity contribution in [2.24, 2.45) is 4.99 Å². The van der Waals surface area contributed by atoms with Crippen LogP contribution in [0.25, 0.3) is 17.0 Å². The quantitative estimate of drug-likeness (QED) is 0.106. The summed E-state index contributed by atoms with van der Waals surface area (Å²) in [5.74, 6) is 1.82. The zero-order chi connectivity index (χ0) is 30.0. The fourth-order valence-electron chi connectivity index (χ4n) is 5.36. The average molecular weight is 616 g/mol. The number of aryl methyl sites for hydroxylation is 2. The molecule has 4 aromatic rings. The lowest BCUT2D eigenvalue weighted by Crippen LogP contribution is -2.38. The number of benzene rings is 2. The number of hydrogen-bond donors (Lipinski definition) is 0. The van der Waals surface area contributed by atoms with Crippen molar-refractivity contribution in [3.63, 3.8) is 0 Å². The molecule has 42 heavy (non-hydrogen) atoms. The van der Waals surface area contributed by atoms with E-state index in [1.807, 2.05) is 26.0 Å². The lowest BCUT2D eigenvalue weighted by Gasteiger charge is -2.34. The summed E-state index contributed by atoms with van der Waals surface area (Å²) in [6.07, 6.45) is 1.49. The molecule has 1 aliphatic rings. The molecule has 0 unspecified atom stereocenters. The first kappa shape index (κ1) is 29.8. The lowest BCUT2D eigenvalue weighted by atomic mass is 10.1. The molecule has 0 spiro atoms. The van der Waals surface area contributed by atoms with Gasteiger partial charge in [-0.2, -0.15) is 18.3 Å². The van der Waals surface area contributed by atoms with Crippen molar-refractivity contribution < 1.29 is 18.0 Å². The Morgan fingerprint density at radius 2 is 1.83 bits per heavy atom. The number of halogens is 4. The van der Waals surface area contributed by atoms with Gasteiger partial charge >= 0.3 is 6.18 Å². The maximum Gasteiger partial charge on any atom is 0.416 e. The highest BCUT2D eigenvalue weighted by molar-refractivity contribution is 8.17. The first-order chi connectivity index (χ1) is 20.1. The van der Waals surface area contributed by atoms with Crippen molar-refractivity contribution in [2.45, 2.75) is 45.5 Å². The number of rotatable bonds is 6. The Bertz CT molecular complexity index is 1650. The Morgan fingerprint density at radius 1 is 1.12 bits per heavy atom. The van der Waals surface area contributed by atoms with Crippen LogP contribution >= 0.6 is 23.4 Å². The summed E-state index contributed by atoms with van der Waals surface area (Å²) in [4.78, 5) is 19.2. The molecule has 13 heteroatoms. The average Bonchev–Trinajstić information content (AvgIpc) is 3.52. The summed E-state index contributed by atoms with van der Waals surface area (Å²) < 4.78 is 44.4. The van der Waals surface area contributed by atoms with E-state index in [9.17, 15) is 18.0 Å². The minimum Gasteiger partial charge on any atom is -0.351 e. The molecule has 2 aromatic carbocycles. The Balaban J connectivity index is 1.29. The number of aromatic nitrogens is 5. The second kappa shape index (κ2) is 12.3. The lowest BCUT2D eigenvalue weighted by molar-refractivity contribution is -0.138. The van der Waals surface area contributed by atoms with E-state index >= 15 is 0 Å². The molecular formula is C29H29ClF3N7OS. The minimum absolute atomic E-state index is 0.0228. The van der Waals surface area contributed by atoms with Crippen LogP contribution in [-0.4, -0.2) is 61.0 Å². The number of carbonyl (C=O) groups excluding carboxylic acids is 1. The fraction of sp³-hybridized carbons (Fsp3) is 0.345. The molecule has 0 N–H and O–H groups in total. The number of aldehydes is 1. The van der Waals surface area contributed by atoms with Gasteiger partial charge in [0, 0.05) is 36.6 Å². The number of thioether (sulfide) groups is 1. The molecule has 5 rings (SSSR count). The number of piperidine rings is 1. The van der Waals surface area contributed by atoms with Crippen LogP contribution in [0.2, 0.25) is 5.02 Å². The normalized spacial score (nSPS) is 15.5. The Kier molecular flexibility index (Phi) is 8.74. The van der Waals surface area contributed by atoms with E-state index in [0.717, 1.165) is 66.0 Å². The summed E-state index contributed by atoms with van der Waals surface area (Å²) in [5.41, 5.74) is 0.731. The van der Waals surface area contributed by atoms with Crippen LogP contribution in [0.1, 0.15) is 47.2 Å². The van der Waals surface area contributed by atoms with Gasteiger partial charge in [0.25, 0.3) is 0 Å². The molecule has 1 saturated heterocycles. The molecule has 1 aliphatic heterocycles. The van der Waals surface area contributed by atoms with Crippen molar-refractivity contribution >= 4 is 51.8 Å². The van der Waals surface area contributed by atoms with Crippen LogP contribution in [0.4, 0.5) is 13.2 Å². The highest BCUT2D eigenvalue weighted by Crippen LogP contribution is 2.35. The molecule has 0 amide bonds. The predicted molar refractivity (Wildman–Crippen MR) is 160 cm³/mol. The van der Waals surface area contributed by atoms with Crippen LogP contribution in [0.5, 0.6) is 0 Å². The fourth-order valence-corrected chi connectivity index (χ4v) is 6.39. The summed E-state index contributed by atoms with van der Waals surface area (Å²) >= 11 is 7.13. The largest absolute Gasteiger partial charge is 0.416 e. The molecule has 0 aliphatic carbocycles. The molecular weight excluding hydrogens is 587 g/mol. The van der Waals surface area contributed by atoms with Gasteiger partial charge < -0.3 is 9.47 Å². The topological polar surface area (TPSA) is 81.2 Å². The van der Waals surface area contributed by atoms with Crippen LogP contribution in [0.15, 0.2) is 52.5 Å². The van der Waals surface area contributed by atoms with Crippen LogP contribution in [-0.2, 0) is 17.5 Å². The highest BCUT2D eigenvalue weighted by atomic mass is 35.5. The van der Waals surface area contributed by atoms with Crippen molar-refractivity contribution in [3.8, 4) is 0 Å². The van der Waals surface area contributed by atoms with E-state index in [0.29, 0.717) is 16.5 Å². The molecule has 3 heterocycles. The predicted octanol–water partition coefficient (Wildman–Crippen LogP) is 6.56. The van der Waals surface area contributed by atoms with Gasteiger partial charge in [0.05, 0.1) is 28.7 Å². The van der Waals surface area contributed by atoms with Crippen LogP contribution < -0.4 is 0 Å². The zero-order valence-electron chi connectivity index (χ0n) is 23.3. The van der Waals surface area contributed by atoms with Crippen molar-refractivity contribution in [1.29, 1.82) is 0 Å². The van der Waals surface area contributed by atoms with Crippen LogP contribution in [0.3, 0.4) is 0 Å².